The number of fused-ring (bicyclic) bond motifs is 1. The molecule has 0 aliphatic carbocycles. The molecule has 3 nitrogen and oxygen atoms in total. The van der Waals surface area contributed by atoms with Gasteiger partial charge in [0.15, 0.2) is 0 Å². The van der Waals surface area contributed by atoms with E-state index in [0.29, 0.717) is 5.56 Å². The van der Waals surface area contributed by atoms with Crippen molar-refractivity contribution < 1.29 is 4.79 Å². The average Bonchev–Trinajstić information content (AvgIpc) is 2.84. The van der Waals surface area contributed by atoms with Crippen LogP contribution in [0.25, 0.3) is 10.9 Å². The molecular weight excluding hydrogens is 316 g/mol. The second-order valence-corrected chi connectivity index (χ2v) is 5.67. The maximum atomic E-state index is 12.3. The maximum Gasteiger partial charge on any atom is 0.255 e. The summed E-state index contributed by atoms with van der Waals surface area (Å²) >= 11 is 3.43. The van der Waals surface area contributed by atoms with E-state index in [2.05, 4.69) is 26.2 Å². The van der Waals surface area contributed by atoms with Crippen molar-refractivity contribution >= 4 is 38.4 Å². The lowest BCUT2D eigenvalue weighted by Gasteiger charge is -2.07. The number of amides is 1. The van der Waals surface area contributed by atoms with Crippen LogP contribution in [0.3, 0.4) is 0 Å². The number of hydrogen-bond acceptors (Lipinski definition) is 1. The largest absolute Gasteiger partial charge is 0.361 e. The Morgan fingerprint density at radius 3 is 2.80 bits per heavy atom. The normalized spacial score (nSPS) is 10.7. The summed E-state index contributed by atoms with van der Waals surface area (Å²) in [5.74, 6) is -0.106. The smallest absolute Gasteiger partial charge is 0.255 e. The molecule has 0 unspecified atom stereocenters. The molecule has 1 aromatic heterocycles. The minimum atomic E-state index is -0.106. The number of anilines is 1. The Bertz CT molecular complexity index is 772. The summed E-state index contributed by atoms with van der Waals surface area (Å²) in [6.07, 6.45) is 1.87. The molecule has 100 valence electrons. The summed E-state index contributed by atoms with van der Waals surface area (Å²) < 4.78 is 0.953. The van der Waals surface area contributed by atoms with Gasteiger partial charge in [-0.15, -0.1) is 0 Å². The molecule has 4 heteroatoms. The van der Waals surface area contributed by atoms with Crippen LogP contribution in [0.2, 0.25) is 0 Å². The van der Waals surface area contributed by atoms with Crippen LogP contribution in [0.5, 0.6) is 0 Å². The van der Waals surface area contributed by atoms with E-state index in [0.717, 1.165) is 26.6 Å². The highest BCUT2D eigenvalue weighted by molar-refractivity contribution is 9.10. The Hall–Kier alpha value is -2.07. The van der Waals surface area contributed by atoms with E-state index in [-0.39, 0.29) is 5.91 Å². The van der Waals surface area contributed by atoms with Gasteiger partial charge in [-0.05, 0) is 55.0 Å². The van der Waals surface area contributed by atoms with Crippen molar-refractivity contribution in [1.29, 1.82) is 0 Å². The van der Waals surface area contributed by atoms with E-state index < -0.39 is 0 Å². The van der Waals surface area contributed by atoms with Gasteiger partial charge in [-0.2, -0.15) is 0 Å². The van der Waals surface area contributed by atoms with Crippen LogP contribution in [-0.4, -0.2) is 10.9 Å². The highest BCUT2D eigenvalue weighted by Gasteiger charge is 2.08. The monoisotopic (exact) mass is 328 g/mol. The number of aryl methyl sites for hydroxylation is 1. The topological polar surface area (TPSA) is 44.9 Å². The number of benzene rings is 2. The Morgan fingerprint density at radius 1 is 1.15 bits per heavy atom. The van der Waals surface area contributed by atoms with Crippen LogP contribution in [0, 0.1) is 6.92 Å². The lowest BCUT2D eigenvalue weighted by atomic mass is 10.1. The van der Waals surface area contributed by atoms with Crippen molar-refractivity contribution in [2.75, 3.05) is 5.32 Å². The molecule has 0 aliphatic heterocycles. The molecule has 0 saturated heterocycles. The zero-order valence-corrected chi connectivity index (χ0v) is 12.5. The van der Waals surface area contributed by atoms with Crippen LogP contribution in [0.4, 0.5) is 5.69 Å². The average molecular weight is 329 g/mol. The van der Waals surface area contributed by atoms with Gasteiger partial charge < -0.3 is 10.3 Å². The van der Waals surface area contributed by atoms with Crippen molar-refractivity contribution in [2.45, 2.75) is 6.92 Å². The third-order valence-electron chi connectivity index (χ3n) is 3.12. The highest BCUT2D eigenvalue weighted by atomic mass is 79.9. The van der Waals surface area contributed by atoms with Crippen LogP contribution in [0.1, 0.15) is 15.9 Å². The van der Waals surface area contributed by atoms with E-state index in [9.17, 15) is 4.79 Å². The molecule has 1 amide bonds. The van der Waals surface area contributed by atoms with Crippen LogP contribution >= 0.6 is 15.9 Å². The molecule has 0 atom stereocenters. The van der Waals surface area contributed by atoms with Gasteiger partial charge >= 0.3 is 0 Å². The van der Waals surface area contributed by atoms with Gasteiger partial charge in [0.1, 0.15) is 0 Å². The van der Waals surface area contributed by atoms with Gasteiger partial charge in [-0.3, -0.25) is 4.79 Å². The summed E-state index contributed by atoms with van der Waals surface area (Å²) in [5, 5.41) is 3.95. The van der Waals surface area contributed by atoms with Gasteiger partial charge in [0.25, 0.3) is 5.91 Å². The quantitative estimate of drug-likeness (QED) is 0.715. The zero-order chi connectivity index (χ0) is 14.1. The Balaban J connectivity index is 1.88. The molecule has 0 saturated carbocycles. The first kappa shape index (κ1) is 12.9. The SMILES string of the molecule is Cc1cc(Br)cc(NC(=O)c2ccc3[nH]ccc3c2)c1. The van der Waals surface area contributed by atoms with Gasteiger partial charge in [0.05, 0.1) is 0 Å². The van der Waals surface area contributed by atoms with E-state index in [4.69, 9.17) is 0 Å². The summed E-state index contributed by atoms with van der Waals surface area (Å²) in [6, 6.07) is 13.4. The van der Waals surface area contributed by atoms with Crippen LogP contribution in [0.15, 0.2) is 53.1 Å². The third-order valence-corrected chi connectivity index (χ3v) is 3.57. The highest BCUT2D eigenvalue weighted by Crippen LogP contribution is 2.20. The fourth-order valence-electron chi connectivity index (χ4n) is 2.21. The number of carbonyl (C=O) groups is 1. The first-order valence-corrected chi connectivity index (χ1v) is 7.07. The molecule has 3 aromatic rings. The van der Waals surface area contributed by atoms with Crippen molar-refractivity contribution in [3.63, 3.8) is 0 Å². The minimum Gasteiger partial charge on any atom is -0.361 e. The summed E-state index contributed by atoms with van der Waals surface area (Å²) in [4.78, 5) is 15.4. The molecule has 1 heterocycles. The Morgan fingerprint density at radius 2 is 2.00 bits per heavy atom. The minimum absolute atomic E-state index is 0.106. The molecule has 2 aromatic carbocycles. The number of halogens is 1. The Kier molecular flexibility index (Phi) is 3.32. The maximum absolute atomic E-state index is 12.3. The molecular formula is C16H13BrN2O. The standard InChI is InChI=1S/C16H13BrN2O/c1-10-6-13(17)9-14(7-10)19-16(20)12-2-3-15-11(8-12)4-5-18-15/h2-9,18H,1H3,(H,19,20). The zero-order valence-electron chi connectivity index (χ0n) is 10.9. The molecule has 0 bridgehead atoms. The number of nitrogens with one attached hydrogen (secondary N) is 2. The van der Waals surface area contributed by atoms with Gasteiger partial charge in [0.2, 0.25) is 0 Å². The van der Waals surface area contributed by atoms with Crippen molar-refractivity contribution in [2.24, 2.45) is 0 Å². The number of aromatic nitrogens is 1. The van der Waals surface area contributed by atoms with Crippen molar-refractivity contribution in [1.82, 2.24) is 4.98 Å². The molecule has 2 N–H and O–H groups in total. The lowest BCUT2D eigenvalue weighted by molar-refractivity contribution is 0.102. The number of carbonyl (C=O) groups excluding carboxylic acids is 1. The van der Waals surface area contributed by atoms with E-state index in [1.54, 1.807) is 0 Å². The Labute approximate surface area is 125 Å². The predicted octanol–water partition coefficient (Wildman–Crippen LogP) is 4.49. The van der Waals surface area contributed by atoms with Gasteiger partial charge in [-0.1, -0.05) is 15.9 Å². The molecule has 3 rings (SSSR count). The third kappa shape index (κ3) is 2.60. The number of hydrogen-bond donors (Lipinski definition) is 2. The second-order valence-electron chi connectivity index (χ2n) is 4.75. The number of aromatic amines is 1. The summed E-state index contributed by atoms with van der Waals surface area (Å²) in [5.41, 5.74) is 3.56. The second kappa shape index (κ2) is 5.13. The fraction of sp³-hybridized carbons (Fsp3) is 0.0625. The number of H-pyrrole nitrogens is 1. The van der Waals surface area contributed by atoms with E-state index >= 15 is 0 Å². The van der Waals surface area contributed by atoms with Crippen LogP contribution in [-0.2, 0) is 0 Å². The van der Waals surface area contributed by atoms with Crippen molar-refractivity contribution in [3.05, 3.63) is 64.3 Å². The van der Waals surface area contributed by atoms with E-state index in [1.165, 1.54) is 0 Å². The first-order valence-electron chi connectivity index (χ1n) is 6.27. The molecule has 0 spiro atoms. The van der Waals surface area contributed by atoms with E-state index in [1.807, 2.05) is 55.6 Å². The van der Waals surface area contributed by atoms with Gasteiger partial charge in [-0.25, -0.2) is 0 Å². The van der Waals surface area contributed by atoms with Gasteiger partial charge in [0, 0.05) is 32.8 Å². The summed E-state index contributed by atoms with van der Waals surface area (Å²) in [6.45, 7) is 1.99. The fourth-order valence-corrected chi connectivity index (χ4v) is 2.81. The van der Waals surface area contributed by atoms with Crippen LogP contribution < -0.4 is 5.32 Å². The first-order chi connectivity index (χ1) is 9.61. The van der Waals surface area contributed by atoms with Crippen molar-refractivity contribution in [3.8, 4) is 0 Å². The molecule has 0 aliphatic rings. The molecule has 0 radical (unpaired) electrons. The predicted molar refractivity (Wildman–Crippen MR) is 85.1 cm³/mol. The summed E-state index contributed by atoms with van der Waals surface area (Å²) in [7, 11) is 0. The molecule has 0 fully saturated rings. The number of rotatable bonds is 2. The molecule has 20 heavy (non-hydrogen) atoms. The lowest BCUT2D eigenvalue weighted by Crippen LogP contribution is -2.11.